The largest absolute Gasteiger partial charge is 0.385 e. The Morgan fingerprint density at radius 3 is 2.78 bits per heavy atom. The van der Waals surface area contributed by atoms with Crippen molar-refractivity contribution < 1.29 is 0 Å². The smallest absolute Gasteiger partial charge is 0.101 e. The molecule has 96 valence electrons. The maximum Gasteiger partial charge on any atom is 0.101 e. The van der Waals surface area contributed by atoms with Gasteiger partial charge < -0.3 is 5.32 Å². The van der Waals surface area contributed by atoms with Crippen LogP contribution in [-0.2, 0) is 0 Å². The molecule has 1 N–H and O–H groups in total. The molecule has 0 heterocycles. The standard InChI is InChI=1S/C15H19ClN2/c16-15-7-6-14(10-13(15)11-17)18-9-8-12-4-2-1-3-5-12/h6-7,10,12,18H,1-5,8-9H2. The molecule has 2 nitrogen and oxygen atoms in total. The number of rotatable bonds is 4. The molecule has 0 radical (unpaired) electrons. The van der Waals surface area contributed by atoms with Crippen LogP contribution in [0.3, 0.4) is 0 Å². The van der Waals surface area contributed by atoms with E-state index in [0.29, 0.717) is 10.6 Å². The quantitative estimate of drug-likeness (QED) is 0.861. The lowest BCUT2D eigenvalue weighted by atomic mass is 9.87. The van der Waals surface area contributed by atoms with Crippen LogP contribution in [-0.4, -0.2) is 6.54 Å². The van der Waals surface area contributed by atoms with Gasteiger partial charge in [-0.2, -0.15) is 5.26 Å². The summed E-state index contributed by atoms with van der Waals surface area (Å²) in [6.07, 6.45) is 8.18. The Bertz CT molecular complexity index is 431. The average Bonchev–Trinajstić information content (AvgIpc) is 2.42. The maximum absolute atomic E-state index is 8.91. The van der Waals surface area contributed by atoms with E-state index in [-0.39, 0.29) is 0 Å². The molecule has 1 aliphatic carbocycles. The molecule has 0 spiro atoms. The molecule has 1 aromatic carbocycles. The monoisotopic (exact) mass is 262 g/mol. The fourth-order valence-corrected chi connectivity index (χ4v) is 2.78. The fraction of sp³-hybridized carbons (Fsp3) is 0.533. The number of nitriles is 1. The highest BCUT2D eigenvalue weighted by molar-refractivity contribution is 6.31. The van der Waals surface area contributed by atoms with Crippen molar-refractivity contribution in [2.75, 3.05) is 11.9 Å². The molecule has 0 atom stereocenters. The van der Waals surface area contributed by atoms with E-state index in [1.807, 2.05) is 12.1 Å². The molecule has 0 aliphatic heterocycles. The van der Waals surface area contributed by atoms with Crippen molar-refractivity contribution >= 4 is 17.3 Å². The normalized spacial score (nSPS) is 16.2. The zero-order valence-corrected chi connectivity index (χ0v) is 11.3. The van der Waals surface area contributed by atoms with Crippen LogP contribution in [0.15, 0.2) is 18.2 Å². The van der Waals surface area contributed by atoms with Crippen molar-refractivity contribution in [3.05, 3.63) is 28.8 Å². The minimum absolute atomic E-state index is 0.523. The van der Waals surface area contributed by atoms with Crippen LogP contribution in [0, 0.1) is 17.2 Å². The SMILES string of the molecule is N#Cc1cc(NCCC2CCCCC2)ccc1Cl. The first-order chi connectivity index (χ1) is 8.79. The van der Waals surface area contributed by atoms with Crippen LogP contribution in [0.1, 0.15) is 44.1 Å². The first-order valence-electron chi connectivity index (χ1n) is 6.73. The van der Waals surface area contributed by atoms with Crippen LogP contribution in [0.5, 0.6) is 0 Å². The summed E-state index contributed by atoms with van der Waals surface area (Å²) < 4.78 is 0. The molecule has 18 heavy (non-hydrogen) atoms. The summed E-state index contributed by atoms with van der Waals surface area (Å²) in [5, 5.41) is 12.8. The van der Waals surface area contributed by atoms with Gasteiger partial charge in [-0.05, 0) is 30.5 Å². The Labute approximate surface area is 114 Å². The minimum Gasteiger partial charge on any atom is -0.385 e. The molecule has 0 bridgehead atoms. The summed E-state index contributed by atoms with van der Waals surface area (Å²) in [6.45, 7) is 0.983. The molecular weight excluding hydrogens is 244 g/mol. The van der Waals surface area contributed by atoms with E-state index in [2.05, 4.69) is 11.4 Å². The fourth-order valence-electron chi connectivity index (χ4n) is 2.62. The van der Waals surface area contributed by atoms with Crippen molar-refractivity contribution in [2.45, 2.75) is 38.5 Å². The van der Waals surface area contributed by atoms with E-state index in [9.17, 15) is 0 Å². The van der Waals surface area contributed by atoms with E-state index in [0.717, 1.165) is 18.2 Å². The summed E-state index contributed by atoms with van der Waals surface area (Å²) in [7, 11) is 0. The van der Waals surface area contributed by atoms with Gasteiger partial charge in [-0.1, -0.05) is 43.7 Å². The molecule has 0 aromatic heterocycles. The van der Waals surface area contributed by atoms with E-state index >= 15 is 0 Å². The first kappa shape index (κ1) is 13.2. The van der Waals surface area contributed by atoms with Gasteiger partial charge in [0.15, 0.2) is 0 Å². The molecule has 0 unspecified atom stereocenters. The number of halogens is 1. The van der Waals surface area contributed by atoms with Crippen molar-refractivity contribution in [3.63, 3.8) is 0 Å². The number of anilines is 1. The molecule has 2 rings (SSSR count). The number of benzene rings is 1. The van der Waals surface area contributed by atoms with Crippen molar-refractivity contribution in [2.24, 2.45) is 5.92 Å². The van der Waals surface area contributed by atoms with Crippen LogP contribution in [0.25, 0.3) is 0 Å². The third kappa shape index (κ3) is 3.65. The van der Waals surface area contributed by atoms with Crippen LogP contribution < -0.4 is 5.32 Å². The highest BCUT2D eigenvalue weighted by atomic mass is 35.5. The zero-order valence-electron chi connectivity index (χ0n) is 10.6. The third-order valence-corrected chi connectivity index (χ3v) is 4.02. The van der Waals surface area contributed by atoms with Gasteiger partial charge in [0, 0.05) is 12.2 Å². The Morgan fingerprint density at radius 2 is 2.06 bits per heavy atom. The van der Waals surface area contributed by atoms with Crippen molar-refractivity contribution in [3.8, 4) is 6.07 Å². The second-order valence-electron chi connectivity index (χ2n) is 5.03. The highest BCUT2D eigenvalue weighted by Gasteiger charge is 2.12. The molecule has 0 amide bonds. The highest BCUT2D eigenvalue weighted by Crippen LogP contribution is 2.26. The van der Waals surface area contributed by atoms with Gasteiger partial charge in [-0.3, -0.25) is 0 Å². The summed E-state index contributed by atoms with van der Waals surface area (Å²) in [6, 6.07) is 7.64. The molecule has 1 aliphatic rings. The topological polar surface area (TPSA) is 35.8 Å². The van der Waals surface area contributed by atoms with Gasteiger partial charge in [0.05, 0.1) is 10.6 Å². The average molecular weight is 263 g/mol. The second kappa shape index (κ2) is 6.66. The number of hydrogen-bond donors (Lipinski definition) is 1. The van der Waals surface area contributed by atoms with E-state index in [1.165, 1.54) is 38.5 Å². The molecule has 1 fully saturated rings. The third-order valence-electron chi connectivity index (χ3n) is 3.69. The minimum atomic E-state index is 0.523. The molecule has 0 saturated heterocycles. The maximum atomic E-state index is 8.91. The predicted molar refractivity (Wildman–Crippen MR) is 75.8 cm³/mol. The van der Waals surface area contributed by atoms with Crippen LogP contribution >= 0.6 is 11.6 Å². The number of hydrogen-bond acceptors (Lipinski definition) is 2. The molecule has 1 saturated carbocycles. The van der Waals surface area contributed by atoms with Gasteiger partial charge in [0.25, 0.3) is 0 Å². The van der Waals surface area contributed by atoms with Crippen LogP contribution in [0.2, 0.25) is 5.02 Å². The van der Waals surface area contributed by atoms with Gasteiger partial charge in [0.1, 0.15) is 6.07 Å². The lowest BCUT2D eigenvalue weighted by Crippen LogP contribution is -2.12. The lowest BCUT2D eigenvalue weighted by molar-refractivity contribution is 0.345. The predicted octanol–water partition coefficient (Wildman–Crippen LogP) is 4.59. The van der Waals surface area contributed by atoms with Gasteiger partial charge in [0.2, 0.25) is 0 Å². The van der Waals surface area contributed by atoms with Gasteiger partial charge >= 0.3 is 0 Å². The Morgan fingerprint density at radius 1 is 1.28 bits per heavy atom. The van der Waals surface area contributed by atoms with Gasteiger partial charge in [-0.15, -0.1) is 0 Å². The van der Waals surface area contributed by atoms with Crippen LogP contribution in [0.4, 0.5) is 5.69 Å². The lowest BCUT2D eigenvalue weighted by Gasteiger charge is -2.21. The first-order valence-corrected chi connectivity index (χ1v) is 7.11. The number of nitrogens with one attached hydrogen (secondary N) is 1. The number of nitrogens with zero attached hydrogens (tertiary/aromatic N) is 1. The van der Waals surface area contributed by atoms with E-state index in [4.69, 9.17) is 16.9 Å². The van der Waals surface area contributed by atoms with Crippen molar-refractivity contribution in [1.82, 2.24) is 0 Å². The van der Waals surface area contributed by atoms with Crippen molar-refractivity contribution in [1.29, 1.82) is 5.26 Å². The van der Waals surface area contributed by atoms with E-state index in [1.54, 1.807) is 6.07 Å². The summed E-state index contributed by atoms with van der Waals surface area (Å²) >= 11 is 5.90. The Kier molecular flexibility index (Phi) is 4.90. The zero-order chi connectivity index (χ0) is 12.8. The Balaban J connectivity index is 1.81. The van der Waals surface area contributed by atoms with Gasteiger partial charge in [-0.25, -0.2) is 0 Å². The molecule has 3 heteroatoms. The summed E-state index contributed by atoms with van der Waals surface area (Å²) in [5.41, 5.74) is 1.53. The second-order valence-corrected chi connectivity index (χ2v) is 5.43. The van der Waals surface area contributed by atoms with E-state index < -0.39 is 0 Å². The summed E-state index contributed by atoms with van der Waals surface area (Å²) in [4.78, 5) is 0. The molecular formula is C15H19ClN2. The Hall–Kier alpha value is -1.20. The molecule has 1 aromatic rings. The summed E-state index contributed by atoms with van der Waals surface area (Å²) in [5.74, 6) is 0.883.